The van der Waals surface area contributed by atoms with Gasteiger partial charge in [0.2, 0.25) is 5.95 Å². The third kappa shape index (κ3) is 3.74. The Morgan fingerprint density at radius 2 is 2.10 bits per heavy atom. The first-order valence-electron chi connectivity index (χ1n) is 10.6. The number of phenolic OH excluding ortho intramolecular Hbond substituents is 1. The van der Waals surface area contributed by atoms with Gasteiger partial charge in [0.05, 0.1) is 24.3 Å². The van der Waals surface area contributed by atoms with Gasteiger partial charge in [-0.1, -0.05) is 6.92 Å². The summed E-state index contributed by atoms with van der Waals surface area (Å²) >= 11 is 0. The van der Waals surface area contributed by atoms with Crippen LogP contribution in [-0.4, -0.2) is 61.2 Å². The molecule has 2 saturated heterocycles. The highest BCUT2D eigenvalue weighted by Gasteiger charge is 2.43. The highest BCUT2D eigenvalue weighted by Crippen LogP contribution is 2.34. The Morgan fingerprint density at radius 3 is 2.81 bits per heavy atom. The molecular weight excluding hydrogens is 397 g/mol. The van der Waals surface area contributed by atoms with Gasteiger partial charge in [0, 0.05) is 43.2 Å². The number of fused-ring (bicyclic) bond motifs is 2. The van der Waals surface area contributed by atoms with Crippen LogP contribution in [0.2, 0.25) is 0 Å². The van der Waals surface area contributed by atoms with Crippen LogP contribution >= 0.6 is 0 Å². The summed E-state index contributed by atoms with van der Waals surface area (Å²) in [5.74, 6) is 1.01. The average Bonchev–Trinajstić information content (AvgIpc) is 3.31. The molecule has 3 unspecified atom stereocenters. The van der Waals surface area contributed by atoms with Gasteiger partial charge >= 0.3 is 0 Å². The third-order valence-electron chi connectivity index (χ3n) is 6.49. The van der Waals surface area contributed by atoms with Crippen LogP contribution in [0.5, 0.6) is 5.75 Å². The molecule has 9 heteroatoms. The molecule has 8 nitrogen and oxygen atoms in total. The lowest BCUT2D eigenvalue weighted by Gasteiger charge is -2.47. The lowest BCUT2D eigenvalue weighted by atomic mass is 9.77. The zero-order valence-electron chi connectivity index (χ0n) is 17.6. The molecule has 5 atom stereocenters. The van der Waals surface area contributed by atoms with Crippen molar-refractivity contribution in [2.24, 2.45) is 5.92 Å². The Balaban J connectivity index is 1.34. The van der Waals surface area contributed by atoms with E-state index in [9.17, 15) is 5.11 Å². The van der Waals surface area contributed by atoms with Gasteiger partial charge in [-0.25, -0.2) is 14.4 Å². The van der Waals surface area contributed by atoms with Crippen LogP contribution in [0.25, 0.3) is 16.9 Å². The van der Waals surface area contributed by atoms with E-state index in [1.807, 2.05) is 13.1 Å². The Bertz CT molecular complexity index is 1040. The van der Waals surface area contributed by atoms with Gasteiger partial charge in [0.1, 0.15) is 17.6 Å². The molecule has 0 radical (unpaired) electrons. The standard InChI is InChI=1S/C22H26FN7O/c1-13-7-14-9-19(21(23)17(8-13)26-14)29(2)22-25-11-18(27-28-22)16-4-3-15(10-20(16)31)30-6-5-24-12-30/h3-6,10-14,17,19,21,26,31H,7-9H2,1-2H3/t13?,14?,17?,19-,21-/m0/s1. The van der Waals surface area contributed by atoms with Crippen LogP contribution in [-0.2, 0) is 0 Å². The van der Waals surface area contributed by atoms with Crippen molar-refractivity contribution in [3.05, 3.63) is 43.1 Å². The molecular formula is C22H26FN7O. The van der Waals surface area contributed by atoms with Crippen LogP contribution in [0, 0.1) is 5.92 Å². The van der Waals surface area contributed by atoms with Gasteiger partial charge < -0.3 is 19.9 Å². The number of alkyl halides is 1. The minimum absolute atomic E-state index is 0.0764. The molecule has 0 amide bonds. The summed E-state index contributed by atoms with van der Waals surface area (Å²) in [7, 11) is 1.83. The van der Waals surface area contributed by atoms with Gasteiger partial charge in [0.15, 0.2) is 0 Å². The minimum atomic E-state index is -0.980. The zero-order chi connectivity index (χ0) is 21.5. The molecule has 3 aromatic rings. The van der Waals surface area contributed by atoms with Crippen molar-refractivity contribution in [1.82, 2.24) is 30.0 Å². The molecule has 2 aliphatic heterocycles. The Hall–Kier alpha value is -3.07. The number of anilines is 1. The maximum absolute atomic E-state index is 15.2. The van der Waals surface area contributed by atoms with Gasteiger partial charge in [-0.3, -0.25) is 0 Å². The summed E-state index contributed by atoms with van der Waals surface area (Å²) in [5.41, 5.74) is 1.78. The quantitative estimate of drug-likeness (QED) is 0.667. The van der Waals surface area contributed by atoms with Gasteiger partial charge in [-0.05, 0) is 37.3 Å². The SMILES string of the molecule is CC1CC2C[C@H](N(C)c3ncc(-c4ccc(-n5ccnc5)cc4O)nn3)[C@@H](F)C(C1)N2. The van der Waals surface area contributed by atoms with E-state index >= 15 is 4.39 Å². The molecule has 4 heterocycles. The Morgan fingerprint density at radius 1 is 1.23 bits per heavy atom. The van der Waals surface area contributed by atoms with Gasteiger partial charge in [-0.15, -0.1) is 10.2 Å². The first kappa shape index (κ1) is 19.9. The smallest absolute Gasteiger partial charge is 0.245 e. The predicted octanol–water partition coefficient (Wildman–Crippen LogP) is 2.73. The number of rotatable bonds is 4. The monoisotopic (exact) mass is 423 g/mol. The van der Waals surface area contributed by atoms with E-state index in [0.717, 1.165) is 24.9 Å². The minimum Gasteiger partial charge on any atom is -0.507 e. The Labute approximate surface area is 180 Å². The fourth-order valence-electron chi connectivity index (χ4n) is 4.91. The van der Waals surface area contributed by atoms with Crippen LogP contribution in [0.3, 0.4) is 0 Å². The summed E-state index contributed by atoms with van der Waals surface area (Å²) in [6, 6.07) is 5.20. The molecule has 2 N–H and O–H groups in total. The number of imidazole rings is 1. The average molecular weight is 423 g/mol. The van der Waals surface area contributed by atoms with E-state index < -0.39 is 6.17 Å². The molecule has 0 aliphatic carbocycles. The number of phenols is 1. The van der Waals surface area contributed by atoms with Gasteiger partial charge in [0.25, 0.3) is 0 Å². The number of nitrogens with zero attached hydrogens (tertiary/aromatic N) is 6. The lowest BCUT2D eigenvalue weighted by Crippen LogP contribution is -2.62. The first-order valence-corrected chi connectivity index (χ1v) is 10.6. The number of aromatic nitrogens is 5. The molecule has 0 saturated carbocycles. The van der Waals surface area contributed by atoms with Crippen molar-refractivity contribution < 1.29 is 9.50 Å². The summed E-state index contributed by atoms with van der Waals surface area (Å²) in [4.78, 5) is 10.2. The normalized spacial score (nSPS) is 27.8. The molecule has 1 aromatic carbocycles. The molecule has 2 bridgehead atoms. The highest BCUT2D eigenvalue weighted by atomic mass is 19.1. The van der Waals surface area contributed by atoms with Crippen molar-refractivity contribution >= 4 is 5.95 Å². The second-order valence-electron chi connectivity index (χ2n) is 8.72. The summed E-state index contributed by atoms with van der Waals surface area (Å²) in [6.07, 6.45) is 8.37. The van der Waals surface area contributed by atoms with E-state index in [0.29, 0.717) is 29.2 Å². The second-order valence-corrected chi connectivity index (χ2v) is 8.72. The Kier molecular flexibility index (Phi) is 5.05. The van der Waals surface area contributed by atoms with Gasteiger partial charge in [-0.2, -0.15) is 0 Å². The number of benzene rings is 1. The maximum atomic E-state index is 15.2. The van der Waals surface area contributed by atoms with Crippen molar-refractivity contribution in [1.29, 1.82) is 0 Å². The largest absolute Gasteiger partial charge is 0.507 e. The summed E-state index contributed by atoms with van der Waals surface area (Å²) in [6.45, 7) is 2.20. The number of nitrogens with one attached hydrogen (secondary N) is 1. The van der Waals surface area contributed by atoms with Crippen LogP contribution in [0.4, 0.5) is 10.3 Å². The fraction of sp³-hybridized carbons (Fsp3) is 0.455. The zero-order valence-corrected chi connectivity index (χ0v) is 17.6. The number of hydrogen-bond donors (Lipinski definition) is 2. The van der Waals surface area contributed by atoms with Crippen molar-refractivity contribution in [3.8, 4) is 22.7 Å². The molecule has 31 heavy (non-hydrogen) atoms. The molecule has 2 aliphatic rings. The molecule has 2 fully saturated rings. The van der Waals surface area contributed by atoms with Crippen molar-refractivity contribution in [3.63, 3.8) is 0 Å². The van der Waals surface area contributed by atoms with Crippen LogP contribution in [0.15, 0.2) is 43.1 Å². The number of hydrogen-bond acceptors (Lipinski definition) is 7. The molecule has 2 aromatic heterocycles. The lowest BCUT2D eigenvalue weighted by molar-refractivity contribution is 0.0848. The number of halogens is 1. The van der Waals surface area contributed by atoms with E-state index in [1.54, 1.807) is 46.5 Å². The van der Waals surface area contributed by atoms with E-state index in [2.05, 4.69) is 32.4 Å². The topological polar surface area (TPSA) is 92.0 Å². The van der Waals surface area contributed by atoms with E-state index in [1.165, 1.54) is 0 Å². The molecule has 5 rings (SSSR count). The molecule has 162 valence electrons. The maximum Gasteiger partial charge on any atom is 0.245 e. The van der Waals surface area contributed by atoms with E-state index in [4.69, 9.17) is 0 Å². The van der Waals surface area contributed by atoms with Crippen molar-refractivity contribution in [2.75, 3.05) is 11.9 Å². The number of aromatic hydroxyl groups is 1. The summed E-state index contributed by atoms with van der Waals surface area (Å²) in [5, 5.41) is 22.4. The predicted molar refractivity (Wildman–Crippen MR) is 115 cm³/mol. The van der Waals surface area contributed by atoms with E-state index in [-0.39, 0.29) is 17.8 Å². The second kappa shape index (κ2) is 7.88. The van der Waals surface area contributed by atoms with Crippen molar-refractivity contribution in [2.45, 2.75) is 50.5 Å². The van der Waals surface area contributed by atoms with Crippen LogP contribution in [0.1, 0.15) is 26.2 Å². The fourth-order valence-corrected chi connectivity index (χ4v) is 4.91. The molecule has 0 spiro atoms. The van der Waals surface area contributed by atoms with Crippen LogP contribution < -0.4 is 10.2 Å². The first-order chi connectivity index (χ1) is 15.0. The highest BCUT2D eigenvalue weighted by molar-refractivity contribution is 5.68. The summed E-state index contributed by atoms with van der Waals surface area (Å²) < 4.78 is 17.0. The number of piperidine rings is 2. The third-order valence-corrected chi connectivity index (χ3v) is 6.49.